The summed E-state index contributed by atoms with van der Waals surface area (Å²) in [6.45, 7) is 1.77. The summed E-state index contributed by atoms with van der Waals surface area (Å²) in [7, 11) is 1.46. The van der Waals surface area contributed by atoms with Crippen LogP contribution in [0, 0.1) is 6.92 Å². The molecule has 27 heavy (non-hydrogen) atoms. The van der Waals surface area contributed by atoms with E-state index in [0.717, 1.165) is 10.7 Å². The molecule has 1 aromatic carbocycles. The van der Waals surface area contributed by atoms with Crippen LogP contribution in [0.5, 0.6) is 5.75 Å². The highest BCUT2D eigenvalue weighted by Gasteiger charge is 2.33. The Balaban J connectivity index is 1.86. The number of carbonyl (C=O) groups is 1. The minimum Gasteiger partial charge on any atom is -0.493 e. The quantitative estimate of drug-likeness (QED) is 0.751. The fourth-order valence-electron chi connectivity index (χ4n) is 2.39. The first-order valence-corrected chi connectivity index (χ1v) is 7.84. The average molecular weight is 376 g/mol. The van der Waals surface area contributed by atoms with Gasteiger partial charge < -0.3 is 10.1 Å². The molecule has 0 radical (unpaired) electrons. The molecule has 9 heteroatoms. The van der Waals surface area contributed by atoms with Gasteiger partial charge in [0.1, 0.15) is 0 Å². The summed E-state index contributed by atoms with van der Waals surface area (Å²) in [5.74, 6) is 0.176. The summed E-state index contributed by atoms with van der Waals surface area (Å²) in [5, 5.41) is 6.14. The number of anilines is 1. The molecule has 0 aliphatic rings. The second-order valence-corrected chi connectivity index (χ2v) is 5.65. The first-order chi connectivity index (χ1) is 12.8. The normalized spacial score (nSPS) is 11.3. The van der Waals surface area contributed by atoms with E-state index in [-0.39, 0.29) is 11.4 Å². The first kappa shape index (κ1) is 18.4. The molecule has 0 spiro atoms. The van der Waals surface area contributed by atoms with Crippen molar-refractivity contribution >= 4 is 11.7 Å². The van der Waals surface area contributed by atoms with Crippen LogP contribution in [0.2, 0.25) is 0 Å². The van der Waals surface area contributed by atoms with E-state index < -0.39 is 17.8 Å². The number of amides is 1. The van der Waals surface area contributed by atoms with Crippen LogP contribution in [-0.2, 0) is 6.18 Å². The van der Waals surface area contributed by atoms with E-state index in [1.807, 2.05) is 0 Å². The van der Waals surface area contributed by atoms with E-state index in [1.165, 1.54) is 25.4 Å². The topological polar surface area (TPSA) is 69.0 Å². The van der Waals surface area contributed by atoms with Gasteiger partial charge in [-0.3, -0.25) is 4.79 Å². The molecule has 0 aliphatic carbocycles. The lowest BCUT2D eigenvalue weighted by molar-refractivity contribution is -0.141. The van der Waals surface area contributed by atoms with E-state index in [2.05, 4.69) is 15.4 Å². The van der Waals surface area contributed by atoms with E-state index in [0.29, 0.717) is 17.1 Å². The summed E-state index contributed by atoms with van der Waals surface area (Å²) in [5.41, 5.74) is 0.242. The van der Waals surface area contributed by atoms with Crippen molar-refractivity contribution < 1.29 is 22.7 Å². The van der Waals surface area contributed by atoms with Crippen LogP contribution in [0.4, 0.5) is 19.0 Å². The molecule has 0 atom stereocenters. The van der Waals surface area contributed by atoms with Crippen LogP contribution in [0.1, 0.15) is 21.7 Å². The Morgan fingerprint density at radius 3 is 2.63 bits per heavy atom. The number of nitrogens with one attached hydrogen (secondary N) is 1. The molecule has 3 rings (SSSR count). The van der Waals surface area contributed by atoms with Gasteiger partial charge in [-0.25, -0.2) is 9.67 Å². The standard InChI is InChI=1S/C18H15F3N4O2/c1-11-6-7-14(27-2)16(22-11)23-17(26)12-4-3-5-13(10-12)25-9-8-15(24-25)18(19,20)21/h3-10H,1-2H3,(H,22,23,26). The van der Waals surface area contributed by atoms with Gasteiger partial charge in [-0.1, -0.05) is 6.07 Å². The number of aromatic nitrogens is 3. The molecule has 0 aliphatic heterocycles. The number of halogens is 3. The molecule has 0 fully saturated rings. The summed E-state index contributed by atoms with van der Waals surface area (Å²) in [6, 6.07) is 10.4. The number of carbonyl (C=O) groups excluding carboxylic acids is 1. The van der Waals surface area contributed by atoms with E-state index in [4.69, 9.17) is 4.74 Å². The van der Waals surface area contributed by atoms with E-state index in [1.54, 1.807) is 31.2 Å². The first-order valence-electron chi connectivity index (χ1n) is 7.84. The molecular formula is C18H15F3N4O2. The van der Waals surface area contributed by atoms with Crippen LogP contribution in [0.15, 0.2) is 48.7 Å². The Labute approximate surface area is 152 Å². The number of ether oxygens (including phenoxy) is 1. The number of methoxy groups -OCH3 is 1. The number of alkyl halides is 3. The van der Waals surface area contributed by atoms with Crippen LogP contribution < -0.4 is 10.1 Å². The maximum absolute atomic E-state index is 12.7. The van der Waals surface area contributed by atoms with Crippen LogP contribution in [-0.4, -0.2) is 27.8 Å². The van der Waals surface area contributed by atoms with Crippen molar-refractivity contribution in [3.8, 4) is 11.4 Å². The third-order valence-electron chi connectivity index (χ3n) is 3.70. The Morgan fingerprint density at radius 1 is 1.19 bits per heavy atom. The highest BCUT2D eigenvalue weighted by molar-refractivity contribution is 6.04. The second kappa shape index (κ2) is 7.10. The molecule has 3 aromatic rings. The fraction of sp³-hybridized carbons (Fsp3) is 0.167. The maximum atomic E-state index is 12.7. The van der Waals surface area contributed by atoms with Gasteiger partial charge in [0, 0.05) is 17.5 Å². The Bertz CT molecular complexity index is 983. The number of hydrogen-bond acceptors (Lipinski definition) is 4. The minimum atomic E-state index is -4.53. The molecule has 0 saturated carbocycles. The predicted molar refractivity (Wildman–Crippen MR) is 92.0 cm³/mol. The molecule has 1 amide bonds. The van der Waals surface area contributed by atoms with Gasteiger partial charge in [0.15, 0.2) is 17.3 Å². The molecule has 1 N–H and O–H groups in total. The SMILES string of the molecule is COc1ccc(C)nc1NC(=O)c1cccc(-n2ccc(C(F)(F)F)n2)c1. The minimum absolute atomic E-state index is 0.238. The number of aryl methyl sites for hydroxylation is 1. The van der Waals surface area contributed by atoms with Gasteiger partial charge in [-0.05, 0) is 43.3 Å². The van der Waals surface area contributed by atoms with Gasteiger partial charge in [0.2, 0.25) is 0 Å². The fourth-order valence-corrected chi connectivity index (χ4v) is 2.39. The van der Waals surface area contributed by atoms with Crippen molar-refractivity contribution in [3.63, 3.8) is 0 Å². The molecule has 0 unspecified atom stereocenters. The number of nitrogens with zero attached hydrogens (tertiary/aromatic N) is 3. The lowest BCUT2D eigenvalue weighted by Gasteiger charge is -2.10. The molecule has 6 nitrogen and oxygen atoms in total. The molecule has 2 aromatic heterocycles. The number of pyridine rings is 1. The van der Waals surface area contributed by atoms with Crippen molar-refractivity contribution in [2.45, 2.75) is 13.1 Å². The van der Waals surface area contributed by atoms with Crippen molar-refractivity contribution in [1.82, 2.24) is 14.8 Å². The van der Waals surface area contributed by atoms with Crippen LogP contribution in [0.25, 0.3) is 5.69 Å². The summed E-state index contributed by atoms with van der Waals surface area (Å²) >= 11 is 0. The molecule has 2 heterocycles. The predicted octanol–water partition coefficient (Wildman–Crippen LogP) is 3.86. The third-order valence-corrected chi connectivity index (χ3v) is 3.70. The van der Waals surface area contributed by atoms with Crippen LogP contribution in [0.3, 0.4) is 0 Å². The van der Waals surface area contributed by atoms with Gasteiger partial charge in [-0.2, -0.15) is 18.3 Å². The summed E-state index contributed by atoms with van der Waals surface area (Å²) < 4.78 is 44.4. The molecule has 0 bridgehead atoms. The summed E-state index contributed by atoms with van der Waals surface area (Å²) in [4.78, 5) is 16.7. The zero-order chi connectivity index (χ0) is 19.6. The Hall–Kier alpha value is -3.36. The van der Waals surface area contributed by atoms with Gasteiger partial charge >= 0.3 is 6.18 Å². The average Bonchev–Trinajstić information content (AvgIpc) is 3.13. The van der Waals surface area contributed by atoms with Crippen molar-refractivity contribution in [2.75, 3.05) is 12.4 Å². The second-order valence-electron chi connectivity index (χ2n) is 5.65. The van der Waals surface area contributed by atoms with Gasteiger partial charge in [-0.15, -0.1) is 0 Å². The molecule has 140 valence electrons. The van der Waals surface area contributed by atoms with E-state index in [9.17, 15) is 18.0 Å². The van der Waals surface area contributed by atoms with Gasteiger partial charge in [0.25, 0.3) is 5.91 Å². The lowest BCUT2D eigenvalue weighted by Crippen LogP contribution is -2.14. The molecule has 0 saturated heterocycles. The van der Waals surface area contributed by atoms with E-state index >= 15 is 0 Å². The van der Waals surface area contributed by atoms with Crippen molar-refractivity contribution in [3.05, 3.63) is 65.6 Å². The zero-order valence-electron chi connectivity index (χ0n) is 14.4. The lowest BCUT2D eigenvalue weighted by atomic mass is 10.2. The van der Waals surface area contributed by atoms with Crippen LogP contribution >= 0.6 is 0 Å². The third kappa shape index (κ3) is 4.08. The monoisotopic (exact) mass is 376 g/mol. The highest BCUT2D eigenvalue weighted by atomic mass is 19.4. The highest BCUT2D eigenvalue weighted by Crippen LogP contribution is 2.28. The zero-order valence-corrected chi connectivity index (χ0v) is 14.4. The Morgan fingerprint density at radius 2 is 1.96 bits per heavy atom. The smallest absolute Gasteiger partial charge is 0.435 e. The maximum Gasteiger partial charge on any atom is 0.435 e. The number of benzene rings is 1. The largest absolute Gasteiger partial charge is 0.493 e. The molecular weight excluding hydrogens is 361 g/mol. The van der Waals surface area contributed by atoms with Crippen molar-refractivity contribution in [1.29, 1.82) is 0 Å². The number of rotatable bonds is 4. The summed E-state index contributed by atoms with van der Waals surface area (Å²) in [6.07, 6.45) is -3.35. The Kier molecular flexibility index (Phi) is 4.85. The van der Waals surface area contributed by atoms with Crippen molar-refractivity contribution in [2.24, 2.45) is 0 Å². The number of hydrogen-bond donors (Lipinski definition) is 1. The van der Waals surface area contributed by atoms with Gasteiger partial charge in [0.05, 0.1) is 12.8 Å².